The highest BCUT2D eigenvalue weighted by Crippen LogP contribution is 2.68. The first kappa shape index (κ1) is 32.7. The molecule has 9 atom stereocenters. The lowest BCUT2D eigenvalue weighted by molar-refractivity contribution is -0.211. The van der Waals surface area contributed by atoms with Crippen LogP contribution in [0.5, 0.6) is 5.75 Å². The predicted molar refractivity (Wildman–Crippen MR) is 161 cm³/mol. The zero-order valence-corrected chi connectivity index (χ0v) is 26.2. The van der Waals surface area contributed by atoms with Crippen molar-refractivity contribution in [1.29, 1.82) is 0 Å². The smallest absolute Gasteiger partial charge is 0.478 e. The molecule has 1 amide bonds. The quantitative estimate of drug-likeness (QED) is 0.159. The van der Waals surface area contributed by atoms with E-state index in [0.717, 1.165) is 4.92 Å². The van der Waals surface area contributed by atoms with Crippen molar-refractivity contribution in [2.24, 2.45) is 39.1 Å². The molecule has 0 unspecified atom stereocenters. The van der Waals surface area contributed by atoms with Gasteiger partial charge < -0.3 is 24.0 Å². The SMILES string of the molecule is C=C[C@]1(C)C[C@@H](OC(=O)COc2ccc3c(c2)B(O)N(C(=O)OC)N=C3)[C@@]2(C)[C@@H]3C(=O)[C@@H](F)C[C@@]3(CC[C@@H]2C)[C@@H](C)[C@@H]1OC=O. The van der Waals surface area contributed by atoms with Crippen LogP contribution in [0.3, 0.4) is 0 Å². The minimum atomic E-state index is -1.66. The number of ether oxygens (including phenoxy) is 4. The van der Waals surface area contributed by atoms with E-state index in [-0.39, 0.29) is 30.4 Å². The van der Waals surface area contributed by atoms with E-state index in [2.05, 4.69) is 16.4 Å². The first-order valence-electron chi connectivity index (χ1n) is 15.2. The van der Waals surface area contributed by atoms with E-state index >= 15 is 4.39 Å². The molecule has 0 saturated heterocycles. The Bertz CT molecular complexity index is 1420. The molecule has 0 aromatic heterocycles. The number of alkyl halides is 1. The standard InChI is InChI=1S/C32H40BFN2O9/c1-7-30(4)14-24(31(5)18(2)10-11-32(19(3)28(30)44-17-37)13-23(34)26(39)27(31)32)45-25(38)16-43-21-9-8-20-15-35-36(29(40)42-6)33(41)22(20)12-21/h7-9,12,15,17-19,23-24,27-28,41H,1,10-11,13-14,16H2,2-6H3/t18-,19-,23-,24+,27-,28-,30+,31-,32-/m0/s1. The molecule has 1 N–H and O–H groups in total. The van der Waals surface area contributed by atoms with E-state index in [1.165, 1.54) is 19.4 Å². The van der Waals surface area contributed by atoms with Gasteiger partial charge in [-0.3, -0.25) is 9.59 Å². The zero-order chi connectivity index (χ0) is 32.9. The second kappa shape index (κ2) is 11.9. The minimum Gasteiger partial charge on any atom is -0.482 e. The van der Waals surface area contributed by atoms with Crippen molar-refractivity contribution < 1.29 is 47.5 Å². The fourth-order valence-corrected chi connectivity index (χ4v) is 8.64. The van der Waals surface area contributed by atoms with Crippen molar-refractivity contribution in [3.63, 3.8) is 0 Å². The summed E-state index contributed by atoms with van der Waals surface area (Å²) in [6, 6.07) is 4.70. The molecule has 3 fully saturated rings. The lowest BCUT2D eigenvalue weighted by atomic mass is 9.44. The van der Waals surface area contributed by atoms with Crippen LogP contribution >= 0.6 is 0 Å². The van der Waals surface area contributed by atoms with Crippen LogP contribution in [0, 0.1) is 34.0 Å². The van der Waals surface area contributed by atoms with Crippen LogP contribution < -0.4 is 10.2 Å². The van der Waals surface area contributed by atoms with E-state index in [0.29, 0.717) is 30.3 Å². The number of hydrogen-bond acceptors (Lipinski definition) is 10. The van der Waals surface area contributed by atoms with Crippen molar-refractivity contribution in [2.45, 2.75) is 71.8 Å². The number of halogens is 1. The van der Waals surface area contributed by atoms with Gasteiger partial charge in [-0.2, -0.15) is 5.10 Å². The number of carbonyl (C=O) groups is 4. The Morgan fingerprint density at radius 2 is 2.00 bits per heavy atom. The van der Waals surface area contributed by atoms with E-state index in [9.17, 15) is 24.2 Å². The van der Waals surface area contributed by atoms with E-state index < -0.39 is 72.0 Å². The Labute approximate surface area is 262 Å². The van der Waals surface area contributed by atoms with Gasteiger partial charge in [-0.15, -0.1) is 6.58 Å². The highest BCUT2D eigenvalue weighted by atomic mass is 19.1. The molecule has 2 bridgehead atoms. The van der Waals surface area contributed by atoms with Crippen LogP contribution in [0.15, 0.2) is 36.0 Å². The lowest BCUT2D eigenvalue weighted by Crippen LogP contribution is -2.63. The van der Waals surface area contributed by atoms with Gasteiger partial charge in [-0.1, -0.05) is 39.8 Å². The maximum atomic E-state index is 15.4. The van der Waals surface area contributed by atoms with Crippen LogP contribution in [-0.2, 0) is 28.6 Å². The number of amides is 1. The highest BCUT2D eigenvalue weighted by Gasteiger charge is 2.71. The zero-order valence-electron chi connectivity index (χ0n) is 26.2. The molecule has 3 aliphatic carbocycles. The van der Waals surface area contributed by atoms with Gasteiger partial charge in [0.15, 0.2) is 18.6 Å². The number of fused-ring (bicyclic) bond motifs is 1. The molecule has 1 aromatic carbocycles. The molecule has 242 valence electrons. The maximum absolute atomic E-state index is 15.4. The van der Waals surface area contributed by atoms with Crippen LogP contribution in [0.25, 0.3) is 0 Å². The third kappa shape index (κ3) is 5.12. The molecule has 11 nitrogen and oxygen atoms in total. The highest BCUT2D eigenvalue weighted by molar-refractivity contribution is 6.67. The second-order valence-corrected chi connectivity index (χ2v) is 13.4. The predicted octanol–water partition coefficient (Wildman–Crippen LogP) is 3.20. The molecular weight excluding hydrogens is 586 g/mol. The summed E-state index contributed by atoms with van der Waals surface area (Å²) < 4.78 is 37.7. The fourth-order valence-electron chi connectivity index (χ4n) is 8.64. The molecular formula is C32H40BFN2O9. The molecule has 1 aliphatic heterocycles. The summed E-state index contributed by atoms with van der Waals surface area (Å²) in [6.45, 7) is 11.6. The number of rotatable bonds is 7. The van der Waals surface area contributed by atoms with Crippen molar-refractivity contribution in [2.75, 3.05) is 13.7 Å². The van der Waals surface area contributed by atoms with Gasteiger partial charge in [0.25, 0.3) is 6.47 Å². The van der Waals surface area contributed by atoms with E-state index in [1.807, 2.05) is 27.7 Å². The number of benzene rings is 1. The Kier molecular flexibility index (Phi) is 8.63. The summed E-state index contributed by atoms with van der Waals surface area (Å²) in [4.78, 5) is 51.6. The molecule has 0 radical (unpaired) electrons. The summed E-state index contributed by atoms with van der Waals surface area (Å²) in [5.41, 5.74) is -1.70. The fraction of sp³-hybridized carbons (Fsp3) is 0.594. The van der Waals surface area contributed by atoms with Crippen molar-refractivity contribution in [1.82, 2.24) is 4.92 Å². The Morgan fingerprint density at radius 3 is 2.67 bits per heavy atom. The first-order valence-corrected chi connectivity index (χ1v) is 15.2. The number of hydrogen-bond donors (Lipinski definition) is 1. The topological polar surface area (TPSA) is 141 Å². The summed E-state index contributed by atoms with van der Waals surface area (Å²) in [5, 5.41) is 14.6. The van der Waals surface area contributed by atoms with Gasteiger partial charge in [0, 0.05) is 22.7 Å². The van der Waals surface area contributed by atoms with Crippen LogP contribution in [0.4, 0.5) is 9.18 Å². The molecule has 1 aromatic rings. The third-order valence-electron chi connectivity index (χ3n) is 11.3. The van der Waals surface area contributed by atoms with Crippen molar-refractivity contribution >= 4 is 43.0 Å². The number of hydrazone groups is 1. The van der Waals surface area contributed by atoms with E-state index in [4.69, 9.17) is 14.2 Å². The molecule has 1 heterocycles. The van der Waals surface area contributed by atoms with Crippen LogP contribution in [0.2, 0.25) is 0 Å². The monoisotopic (exact) mass is 626 g/mol. The number of Topliss-reactive ketones (excluding diaryl/α,β-unsaturated/α-hetero) is 1. The molecule has 3 saturated carbocycles. The summed E-state index contributed by atoms with van der Waals surface area (Å²) in [6.07, 6.45) is 0.477. The summed E-state index contributed by atoms with van der Waals surface area (Å²) >= 11 is 0. The van der Waals surface area contributed by atoms with Gasteiger partial charge in [-0.05, 0) is 60.2 Å². The number of nitrogens with zero attached hydrogens (tertiary/aromatic N) is 2. The molecule has 0 spiro atoms. The molecule has 4 aliphatic rings. The third-order valence-corrected chi connectivity index (χ3v) is 11.3. The van der Waals surface area contributed by atoms with Crippen molar-refractivity contribution in [3.05, 3.63) is 36.4 Å². The average Bonchev–Trinajstić information content (AvgIpc) is 3.30. The van der Waals surface area contributed by atoms with Crippen LogP contribution in [-0.4, -0.2) is 79.6 Å². The van der Waals surface area contributed by atoms with Gasteiger partial charge in [0.05, 0.1) is 13.3 Å². The molecule has 45 heavy (non-hydrogen) atoms. The minimum absolute atomic E-state index is 0.0258. The van der Waals surface area contributed by atoms with E-state index in [1.54, 1.807) is 18.2 Å². The number of ketones is 1. The lowest BCUT2D eigenvalue weighted by Gasteiger charge is -2.61. The first-order chi connectivity index (χ1) is 21.3. The van der Waals surface area contributed by atoms with Gasteiger partial charge in [0.2, 0.25) is 0 Å². The Morgan fingerprint density at radius 1 is 1.27 bits per heavy atom. The maximum Gasteiger partial charge on any atom is 0.478 e. The van der Waals surface area contributed by atoms with Gasteiger partial charge in [-0.25, -0.2) is 18.9 Å². The number of esters is 1. The summed E-state index contributed by atoms with van der Waals surface area (Å²) in [7, 11) is -0.262. The van der Waals surface area contributed by atoms with Crippen molar-refractivity contribution in [3.8, 4) is 5.75 Å². The van der Waals surface area contributed by atoms with Gasteiger partial charge >= 0.3 is 19.1 Å². The second-order valence-electron chi connectivity index (χ2n) is 13.4. The molecule has 13 heteroatoms. The Hall–Kier alpha value is -3.74. The molecule has 5 rings (SSSR count). The normalized spacial score (nSPS) is 37.0. The largest absolute Gasteiger partial charge is 0.482 e. The average molecular weight is 626 g/mol. The summed E-state index contributed by atoms with van der Waals surface area (Å²) in [5.74, 6) is -2.16. The number of methoxy groups -OCH3 is 1. The Balaban J connectivity index is 1.44. The number of carbonyl (C=O) groups excluding carboxylic acids is 4. The van der Waals surface area contributed by atoms with Crippen LogP contribution in [0.1, 0.15) is 58.9 Å². The van der Waals surface area contributed by atoms with Gasteiger partial charge in [0.1, 0.15) is 18.0 Å².